The Kier molecular flexibility index (Phi) is 4.61. The smallest absolute Gasteiger partial charge is 0.270 e. The Balaban J connectivity index is 2.88. The first-order chi connectivity index (χ1) is 8.76. The van der Waals surface area contributed by atoms with Gasteiger partial charge in [0.15, 0.2) is 0 Å². The zero-order chi connectivity index (χ0) is 14.6. The van der Waals surface area contributed by atoms with Crippen LogP contribution in [0.15, 0.2) is 18.2 Å². The summed E-state index contributed by atoms with van der Waals surface area (Å²) in [5.74, 6) is -0.372. The second-order valence-electron chi connectivity index (χ2n) is 5.26. The van der Waals surface area contributed by atoms with Crippen molar-refractivity contribution in [3.05, 3.63) is 39.4 Å². The van der Waals surface area contributed by atoms with E-state index in [0.717, 1.165) is 0 Å². The third kappa shape index (κ3) is 4.03. The fourth-order valence-corrected chi connectivity index (χ4v) is 1.44. The average Bonchev–Trinajstić information content (AvgIpc) is 2.36. The van der Waals surface area contributed by atoms with Gasteiger partial charge in [-0.2, -0.15) is 0 Å². The van der Waals surface area contributed by atoms with Gasteiger partial charge in [-0.3, -0.25) is 14.9 Å². The highest BCUT2D eigenvalue weighted by molar-refractivity contribution is 5.96. The first-order valence-electron chi connectivity index (χ1n) is 5.91. The number of aliphatic hydroxyl groups excluding tert-OH is 1. The van der Waals surface area contributed by atoms with E-state index >= 15 is 0 Å². The molecule has 0 bridgehead atoms. The number of hydrogen-bond donors (Lipinski definition) is 2. The molecule has 0 saturated carbocycles. The molecule has 1 rings (SSSR count). The molecule has 0 aromatic heterocycles. The molecule has 0 aliphatic rings. The first kappa shape index (κ1) is 15.1. The molecule has 0 aliphatic carbocycles. The molecule has 2 N–H and O–H groups in total. The van der Waals surface area contributed by atoms with Gasteiger partial charge in [-0.1, -0.05) is 19.9 Å². The SMILES string of the molecule is Cc1ccc([N+](=O)[O-])cc1C(=O)NCC(C)(C)CO. The van der Waals surface area contributed by atoms with Gasteiger partial charge in [0.2, 0.25) is 0 Å². The Morgan fingerprint density at radius 3 is 2.63 bits per heavy atom. The summed E-state index contributed by atoms with van der Waals surface area (Å²) in [5.41, 5.74) is 0.412. The fourth-order valence-electron chi connectivity index (χ4n) is 1.44. The van der Waals surface area contributed by atoms with Crippen molar-refractivity contribution in [2.75, 3.05) is 13.2 Å². The number of carbonyl (C=O) groups is 1. The van der Waals surface area contributed by atoms with Crippen molar-refractivity contribution in [1.29, 1.82) is 0 Å². The molecule has 0 aliphatic heterocycles. The molecule has 0 spiro atoms. The Hall–Kier alpha value is -1.95. The minimum atomic E-state index is -0.534. The van der Waals surface area contributed by atoms with Gasteiger partial charge in [0.1, 0.15) is 0 Å². The molecule has 0 atom stereocenters. The van der Waals surface area contributed by atoms with Crippen LogP contribution in [0.25, 0.3) is 0 Å². The minimum Gasteiger partial charge on any atom is -0.396 e. The number of aliphatic hydroxyl groups is 1. The van der Waals surface area contributed by atoms with Crippen LogP contribution < -0.4 is 5.32 Å². The molecule has 0 fully saturated rings. The molecule has 0 saturated heterocycles. The highest BCUT2D eigenvalue weighted by Crippen LogP contribution is 2.18. The monoisotopic (exact) mass is 266 g/mol. The minimum absolute atomic E-state index is 0.0544. The summed E-state index contributed by atoms with van der Waals surface area (Å²) in [6.07, 6.45) is 0. The van der Waals surface area contributed by atoms with Gasteiger partial charge in [0.05, 0.1) is 4.92 Å². The lowest BCUT2D eigenvalue weighted by molar-refractivity contribution is -0.384. The molecular weight excluding hydrogens is 248 g/mol. The van der Waals surface area contributed by atoms with Crippen LogP contribution in [0.1, 0.15) is 29.8 Å². The summed E-state index contributed by atoms with van der Waals surface area (Å²) >= 11 is 0. The molecule has 1 amide bonds. The zero-order valence-corrected chi connectivity index (χ0v) is 11.3. The largest absolute Gasteiger partial charge is 0.396 e. The zero-order valence-electron chi connectivity index (χ0n) is 11.3. The molecule has 1 aromatic carbocycles. The highest BCUT2D eigenvalue weighted by atomic mass is 16.6. The Morgan fingerprint density at radius 2 is 2.11 bits per heavy atom. The number of nitro groups is 1. The van der Waals surface area contributed by atoms with E-state index in [1.807, 2.05) is 13.8 Å². The lowest BCUT2D eigenvalue weighted by Crippen LogP contribution is -2.36. The van der Waals surface area contributed by atoms with E-state index < -0.39 is 10.3 Å². The summed E-state index contributed by atoms with van der Waals surface area (Å²) in [5, 5.41) is 22.5. The fraction of sp³-hybridized carbons (Fsp3) is 0.462. The topological polar surface area (TPSA) is 92.5 Å². The number of benzene rings is 1. The van der Waals surface area contributed by atoms with Crippen LogP contribution in [0.5, 0.6) is 0 Å². The molecule has 0 radical (unpaired) electrons. The molecule has 6 nitrogen and oxygen atoms in total. The second kappa shape index (κ2) is 5.79. The van der Waals surface area contributed by atoms with Crippen molar-refractivity contribution >= 4 is 11.6 Å². The third-order valence-corrected chi connectivity index (χ3v) is 2.83. The molecule has 19 heavy (non-hydrogen) atoms. The highest BCUT2D eigenvalue weighted by Gasteiger charge is 2.20. The maximum absolute atomic E-state index is 12.0. The molecule has 6 heteroatoms. The van der Waals surface area contributed by atoms with E-state index in [2.05, 4.69) is 5.32 Å². The molecule has 1 aromatic rings. The van der Waals surface area contributed by atoms with Crippen molar-refractivity contribution < 1.29 is 14.8 Å². The number of rotatable bonds is 5. The standard InChI is InChI=1S/C13H18N2O4/c1-9-4-5-10(15(18)19)6-11(9)12(17)14-7-13(2,3)8-16/h4-6,16H,7-8H2,1-3H3,(H,14,17). The van der Waals surface area contributed by atoms with Gasteiger partial charge in [0.25, 0.3) is 11.6 Å². The molecule has 0 unspecified atom stereocenters. The Bertz CT molecular complexity index is 497. The number of nitrogens with zero attached hydrogens (tertiary/aromatic N) is 1. The summed E-state index contributed by atoms with van der Waals surface area (Å²) in [6, 6.07) is 4.17. The Morgan fingerprint density at radius 1 is 1.47 bits per heavy atom. The Labute approximate surface area is 111 Å². The number of amides is 1. The summed E-state index contributed by atoms with van der Waals surface area (Å²) in [4.78, 5) is 22.1. The predicted octanol–water partition coefficient (Wildman–Crippen LogP) is 1.65. The van der Waals surface area contributed by atoms with Crippen LogP contribution in [-0.4, -0.2) is 29.1 Å². The van der Waals surface area contributed by atoms with E-state index in [1.54, 1.807) is 13.0 Å². The van der Waals surface area contributed by atoms with Crippen molar-refractivity contribution in [3.63, 3.8) is 0 Å². The summed E-state index contributed by atoms with van der Waals surface area (Å²) in [6.45, 7) is 5.59. The van der Waals surface area contributed by atoms with Gasteiger partial charge in [0, 0.05) is 36.3 Å². The van der Waals surface area contributed by atoms with Crippen molar-refractivity contribution in [1.82, 2.24) is 5.32 Å². The van der Waals surface area contributed by atoms with E-state index in [9.17, 15) is 14.9 Å². The van der Waals surface area contributed by atoms with Crippen LogP contribution in [-0.2, 0) is 0 Å². The normalized spacial score (nSPS) is 11.2. The van der Waals surface area contributed by atoms with Crippen molar-refractivity contribution in [2.45, 2.75) is 20.8 Å². The van der Waals surface area contributed by atoms with Crippen LogP contribution in [0.2, 0.25) is 0 Å². The number of non-ortho nitro benzene ring substituents is 1. The van der Waals surface area contributed by atoms with Crippen molar-refractivity contribution in [2.24, 2.45) is 5.41 Å². The number of nitrogens with one attached hydrogen (secondary N) is 1. The number of hydrogen-bond acceptors (Lipinski definition) is 4. The van der Waals surface area contributed by atoms with Gasteiger partial charge in [-0.25, -0.2) is 0 Å². The molecule has 104 valence electrons. The van der Waals surface area contributed by atoms with Crippen LogP contribution in [0, 0.1) is 22.5 Å². The van der Waals surface area contributed by atoms with Gasteiger partial charge >= 0.3 is 0 Å². The number of nitro benzene ring substituents is 1. The predicted molar refractivity (Wildman–Crippen MR) is 71.0 cm³/mol. The quantitative estimate of drug-likeness (QED) is 0.626. The van der Waals surface area contributed by atoms with Crippen molar-refractivity contribution in [3.8, 4) is 0 Å². The number of aryl methyl sites for hydroxylation is 1. The van der Waals surface area contributed by atoms with Crippen LogP contribution in [0.3, 0.4) is 0 Å². The van der Waals surface area contributed by atoms with E-state index in [1.165, 1.54) is 12.1 Å². The molecule has 0 heterocycles. The third-order valence-electron chi connectivity index (χ3n) is 2.83. The van der Waals surface area contributed by atoms with Gasteiger partial charge in [-0.05, 0) is 12.5 Å². The van der Waals surface area contributed by atoms with E-state index in [0.29, 0.717) is 12.1 Å². The number of carbonyl (C=O) groups excluding carboxylic acids is 1. The maximum Gasteiger partial charge on any atom is 0.270 e. The van der Waals surface area contributed by atoms with Crippen LogP contribution >= 0.6 is 0 Å². The first-order valence-corrected chi connectivity index (χ1v) is 5.91. The average molecular weight is 266 g/mol. The summed E-state index contributed by atoms with van der Waals surface area (Å²) < 4.78 is 0. The molecular formula is C13H18N2O4. The van der Waals surface area contributed by atoms with E-state index in [-0.39, 0.29) is 23.8 Å². The maximum atomic E-state index is 12.0. The van der Waals surface area contributed by atoms with Gasteiger partial charge < -0.3 is 10.4 Å². The lowest BCUT2D eigenvalue weighted by Gasteiger charge is -2.22. The lowest BCUT2D eigenvalue weighted by atomic mass is 9.95. The second-order valence-corrected chi connectivity index (χ2v) is 5.26. The van der Waals surface area contributed by atoms with E-state index in [4.69, 9.17) is 5.11 Å². The van der Waals surface area contributed by atoms with Crippen LogP contribution in [0.4, 0.5) is 5.69 Å². The summed E-state index contributed by atoms with van der Waals surface area (Å²) in [7, 11) is 0. The van der Waals surface area contributed by atoms with Gasteiger partial charge in [-0.15, -0.1) is 0 Å².